The minimum Gasteiger partial charge on any atom is -0.452 e. The third-order valence-corrected chi connectivity index (χ3v) is 2.30. The standard InChI is InChI=1S/C12H16N4O/c1-2-3-16-9-12(8-15-16)17-11-4-10(5-13)6-14-7-11/h4,6-9H,2-3,5,13H2,1H3. The summed E-state index contributed by atoms with van der Waals surface area (Å²) in [6.45, 7) is 3.46. The normalized spacial score (nSPS) is 10.5. The number of rotatable bonds is 5. The zero-order valence-corrected chi connectivity index (χ0v) is 9.84. The van der Waals surface area contributed by atoms with Gasteiger partial charge < -0.3 is 10.5 Å². The first-order valence-electron chi connectivity index (χ1n) is 5.66. The molecule has 0 saturated heterocycles. The van der Waals surface area contributed by atoms with Crippen LogP contribution in [-0.2, 0) is 13.1 Å². The molecule has 0 aromatic carbocycles. The van der Waals surface area contributed by atoms with Gasteiger partial charge >= 0.3 is 0 Å². The summed E-state index contributed by atoms with van der Waals surface area (Å²) in [5, 5.41) is 4.19. The molecule has 0 aliphatic carbocycles. The number of ether oxygens (including phenoxy) is 1. The number of pyridine rings is 1. The molecule has 2 heterocycles. The third kappa shape index (κ3) is 3.04. The fourth-order valence-corrected chi connectivity index (χ4v) is 1.52. The average Bonchev–Trinajstić information content (AvgIpc) is 2.77. The van der Waals surface area contributed by atoms with Gasteiger partial charge in [-0.15, -0.1) is 0 Å². The zero-order chi connectivity index (χ0) is 12.1. The van der Waals surface area contributed by atoms with E-state index >= 15 is 0 Å². The van der Waals surface area contributed by atoms with Crippen LogP contribution in [0.15, 0.2) is 30.9 Å². The third-order valence-electron chi connectivity index (χ3n) is 2.30. The molecule has 0 saturated carbocycles. The molecule has 0 aliphatic rings. The Kier molecular flexibility index (Phi) is 3.72. The number of aryl methyl sites for hydroxylation is 1. The number of hydrogen-bond donors (Lipinski definition) is 1. The Morgan fingerprint density at radius 1 is 1.29 bits per heavy atom. The lowest BCUT2D eigenvalue weighted by molar-refractivity contribution is 0.477. The smallest absolute Gasteiger partial charge is 0.165 e. The molecule has 0 amide bonds. The molecule has 0 bridgehead atoms. The van der Waals surface area contributed by atoms with Crippen LogP contribution in [0, 0.1) is 0 Å². The van der Waals surface area contributed by atoms with E-state index in [1.807, 2.05) is 16.9 Å². The van der Waals surface area contributed by atoms with E-state index < -0.39 is 0 Å². The monoisotopic (exact) mass is 232 g/mol. The molecule has 0 fully saturated rings. The molecule has 0 unspecified atom stereocenters. The Hall–Kier alpha value is -1.88. The second-order valence-corrected chi connectivity index (χ2v) is 3.77. The lowest BCUT2D eigenvalue weighted by atomic mass is 10.3. The summed E-state index contributed by atoms with van der Waals surface area (Å²) >= 11 is 0. The highest BCUT2D eigenvalue weighted by Crippen LogP contribution is 2.20. The first kappa shape index (κ1) is 11.6. The van der Waals surface area contributed by atoms with Crippen LogP contribution in [0.5, 0.6) is 11.5 Å². The fourth-order valence-electron chi connectivity index (χ4n) is 1.52. The highest BCUT2D eigenvalue weighted by Gasteiger charge is 2.02. The van der Waals surface area contributed by atoms with Gasteiger partial charge in [0, 0.05) is 19.3 Å². The summed E-state index contributed by atoms with van der Waals surface area (Å²) < 4.78 is 7.50. The summed E-state index contributed by atoms with van der Waals surface area (Å²) in [5.41, 5.74) is 6.49. The SMILES string of the molecule is CCCn1cc(Oc2cncc(CN)c2)cn1. The largest absolute Gasteiger partial charge is 0.452 e. The molecule has 0 aliphatic heterocycles. The van der Waals surface area contributed by atoms with Crippen molar-refractivity contribution >= 4 is 0 Å². The first-order chi connectivity index (χ1) is 8.31. The fraction of sp³-hybridized carbons (Fsp3) is 0.333. The van der Waals surface area contributed by atoms with Gasteiger partial charge in [0.1, 0.15) is 5.75 Å². The van der Waals surface area contributed by atoms with E-state index in [9.17, 15) is 0 Å². The predicted octanol–water partition coefficient (Wildman–Crippen LogP) is 1.94. The summed E-state index contributed by atoms with van der Waals surface area (Å²) in [6, 6.07) is 1.88. The summed E-state index contributed by atoms with van der Waals surface area (Å²) in [4.78, 5) is 4.06. The van der Waals surface area contributed by atoms with E-state index in [2.05, 4.69) is 17.0 Å². The van der Waals surface area contributed by atoms with E-state index in [0.717, 1.165) is 24.3 Å². The van der Waals surface area contributed by atoms with Crippen LogP contribution in [0.25, 0.3) is 0 Å². The van der Waals surface area contributed by atoms with E-state index in [-0.39, 0.29) is 0 Å². The van der Waals surface area contributed by atoms with E-state index in [4.69, 9.17) is 10.5 Å². The molecular weight excluding hydrogens is 216 g/mol. The molecule has 2 rings (SSSR count). The van der Waals surface area contributed by atoms with E-state index in [1.54, 1.807) is 18.6 Å². The molecule has 2 N–H and O–H groups in total. The number of aromatic nitrogens is 3. The molecular formula is C12H16N4O. The van der Waals surface area contributed by atoms with Gasteiger partial charge in [-0.25, -0.2) is 0 Å². The minimum absolute atomic E-state index is 0.458. The Labute approximate surface area is 100 Å². The molecule has 0 radical (unpaired) electrons. The maximum atomic E-state index is 5.65. The number of hydrogen-bond acceptors (Lipinski definition) is 4. The van der Waals surface area contributed by atoms with Gasteiger partial charge in [-0.1, -0.05) is 6.92 Å². The van der Waals surface area contributed by atoms with Gasteiger partial charge in [0.15, 0.2) is 5.75 Å². The topological polar surface area (TPSA) is 66.0 Å². The highest BCUT2D eigenvalue weighted by molar-refractivity contribution is 5.28. The van der Waals surface area contributed by atoms with Crippen LogP contribution < -0.4 is 10.5 Å². The Bertz CT molecular complexity index is 481. The van der Waals surface area contributed by atoms with E-state index in [0.29, 0.717) is 12.3 Å². The van der Waals surface area contributed by atoms with E-state index in [1.165, 1.54) is 0 Å². The van der Waals surface area contributed by atoms with Crippen molar-refractivity contribution in [3.05, 3.63) is 36.4 Å². The summed E-state index contributed by atoms with van der Waals surface area (Å²) in [7, 11) is 0. The average molecular weight is 232 g/mol. The van der Waals surface area contributed by atoms with Crippen molar-refractivity contribution in [1.29, 1.82) is 0 Å². The zero-order valence-electron chi connectivity index (χ0n) is 9.84. The van der Waals surface area contributed by atoms with Crippen molar-refractivity contribution in [1.82, 2.24) is 14.8 Å². The van der Waals surface area contributed by atoms with Crippen LogP contribution in [0.4, 0.5) is 0 Å². The Morgan fingerprint density at radius 2 is 2.18 bits per heavy atom. The Balaban J connectivity index is 2.08. The maximum absolute atomic E-state index is 5.65. The number of nitrogens with zero attached hydrogens (tertiary/aromatic N) is 3. The summed E-state index contributed by atoms with van der Waals surface area (Å²) in [6.07, 6.45) is 8.01. The van der Waals surface area contributed by atoms with Crippen molar-refractivity contribution in [3.63, 3.8) is 0 Å². The van der Waals surface area contributed by atoms with Gasteiger partial charge in [-0.3, -0.25) is 9.67 Å². The molecule has 2 aromatic heterocycles. The van der Waals surface area contributed by atoms with Crippen molar-refractivity contribution in [2.24, 2.45) is 5.73 Å². The minimum atomic E-state index is 0.458. The highest BCUT2D eigenvalue weighted by atomic mass is 16.5. The van der Waals surface area contributed by atoms with Crippen LogP contribution in [0.2, 0.25) is 0 Å². The molecule has 5 heteroatoms. The van der Waals surface area contributed by atoms with Gasteiger partial charge in [0.2, 0.25) is 0 Å². The summed E-state index contributed by atoms with van der Waals surface area (Å²) in [5.74, 6) is 1.40. The van der Waals surface area contributed by atoms with Gasteiger partial charge in [0.05, 0.1) is 18.6 Å². The van der Waals surface area contributed by atoms with Crippen molar-refractivity contribution < 1.29 is 4.74 Å². The van der Waals surface area contributed by atoms with Gasteiger partial charge in [0.25, 0.3) is 0 Å². The second-order valence-electron chi connectivity index (χ2n) is 3.77. The lowest BCUT2D eigenvalue weighted by Gasteiger charge is -2.03. The molecule has 0 atom stereocenters. The van der Waals surface area contributed by atoms with Crippen molar-refractivity contribution in [2.75, 3.05) is 0 Å². The van der Waals surface area contributed by atoms with Crippen LogP contribution >= 0.6 is 0 Å². The molecule has 5 nitrogen and oxygen atoms in total. The van der Waals surface area contributed by atoms with Gasteiger partial charge in [-0.2, -0.15) is 5.10 Å². The van der Waals surface area contributed by atoms with Crippen molar-refractivity contribution in [2.45, 2.75) is 26.4 Å². The van der Waals surface area contributed by atoms with Crippen LogP contribution in [0.1, 0.15) is 18.9 Å². The second kappa shape index (κ2) is 5.45. The molecule has 90 valence electrons. The molecule has 17 heavy (non-hydrogen) atoms. The lowest BCUT2D eigenvalue weighted by Crippen LogP contribution is -1.97. The van der Waals surface area contributed by atoms with Gasteiger partial charge in [-0.05, 0) is 18.1 Å². The first-order valence-corrected chi connectivity index (χ1v) is 5.66. The number of nitrogens with two attached hydrogens (primary N) is 1. The molecule has 2 aromatic rings. The maximum Gasteiger partial charge on any atom is 0.165 e. The Morgan fingerprint density at radius 3 is 2.94 bits per heavy atom. The molecule has 0 spiro atoms. The quantitative estimate of drug-likeness (QED) is 0.855. The predicted molar refractivity (Wildman–Crippen MR) is 64.7 cm³/mol. The van der Waals surface area contributed by atoms with Crippen LogP contribution in [0.3, 0.4) is 0 Å². The van der Waals surface area contributed by atoms with Crippen LogP contribution in [-0.4, -0.2) is 14.8 Å². The van der Waals surface area contributed by atoms with Crippen molar-refractivity contribution in [3.8, 4) is 11.5 Å².